The molecule has 1 amide bonds. The molecule has 1 aliphatic heterocycles. The molecule has 0 spiro atoms. The lowest BCUT2D eigenvalue weighted by Gasteiger charge is -2.31. The van der Waals surface area contributed by atoms with Crippen molar-refractivity contribution in [2.24, 2.45) is 0 Å². The van der Waals surface area contributed by atoms with E-state index >= 15 is 0 Å². The van der Waals surface area contributed by atoms with Crippen molar-refractivity contribution in [2.75, 3.05) is 20.1 Å². The Morgan fingerprint density at radius 1 is 1.09 bits per heavy atom. The van der Waals surface area contributed by atoms with Crippen molar-refractivity contribution in [3.8, 4) is 11.4 Å². The number of halogens is 4. The summed E-state index contributed by atoms with van der Waals surface area (Å²) in [6.45, 7) is 1.85. The standard InChI is InChI=1S/C20H20FN5O.C2HF3O2/c1-26(16-5-7-22-8-6-16)20(27)15-11-24-19(25-12-15)14-9-13-3-2-4-17(21)18(13)23-10-14;3-2(4,5)1(6)7/h2-4,9-12,16,22H,5-8H2,1H3;(H,6,7). The Bertz CT molecular complexity index is 1170. The molecule has 3 aromatic rings. The number of piperidine rings is 1. The maximum absolute atomic E-state index is 13.8. The number of fused-ring (bicyclic) bond motifs is 1. The first kappa shape index (κ1) is 25.0. The van der Waals surface area contributed by atoms with E-state index in [4.69, 9.17) is 9.90 Å². The van der Waals surface area contributed by atoms with E-state index in [-0.39, 0.29) is 17.8 Å². The van der Waals surface area contributed by atoms with Gasteiger partial charge >= 0.3 is 12.1 Å². The van der Waals surface area contributed by atoms with Gasteiger partial charge in [-0.15, -0.1) is 0 Å². The lowest BCUT2D eigenvalue weighted by molar-refractivity contribution is -0.192. The molecule has 12 heteroatoms. The van der Waals surface area contributed by atoms with E-state index in [9.17, 15) is 22.4 Å². The SMILES string of the molecule is CN(C(=O)c1cnc(-c2cnc3c(F)cccc3c2)nc1)C1CCNCC1.O=C(O)C(F)(F)F. The third kappa shape index (κ3) is 6.01. The summed E-state index contributed by atoms with van der Waals surface area (Å²) in [5, 5.41) is 11.1. The van der Waals surface area contributed by atoms with E-state index in [0.717, 1.165) is 25.9 Å². The normalized spacial score (nSPS) is 14.3. The van der Waals surface area contributed by atoms with Crippen LogP contribution in [0.3, 0.4) is 0 Å². The zero-order chi connectivity index (χ0) is 24.9. The summed E-state index contributed by atoms with van der Waals surface area (Å²) in [4.78, 5) is 36.2. The quantitative estimate of drug-likeness (QED) is 0.555. The summed E-state index contributed by atoms with van der Waals surface area (Å²) in [6.07, 6.45) is 1.43. The smallest absolute Gasteiger partial charge is 0.475 e. The highest BCUT2D eigenvalue weighted by molar-refractivity contribution is 5.94. The molecule has 2 N–H and O–H groups in total. The molecule has 34 heavy (non-hydrogen) atoms. The Kier molecular flexibility index (Phi) is 7.72. The van der Waals surface area contributed by atoms with Crippen molar-refractivity contribution in [1.82, 2.24) is 25.2 Å². The number of aromatic nitrogens is 3. The van der Waals surface area contributed by atoms with E-state index in [0.29, 0.717) is 27.9 Å². The Balaban J connectivity index is 0.000000406. The predicted octanol–water partition coefficient (Wildman–Crippen LogP) is 3.29. The molecule has 4 rings (SSSR count). The van der Waals surface area contributed by atoms with Crippen LogP contribution in [0, 0.1) is 5.82 Å². The number of hydrogen-bond acceptors (Lipinski definition) is 6. The van der Waals surface area contributed by atoms with Gasteiger partial charge in [0.25, 0.3) is 5.91 Å². The number of alkyl halides is 3. The Morgan fingerprint density at radius 3 is 2.29 bits per heavy atom. The van der Waals surface area contributed by atoms with Crippen molar-refractivity contribution in [3.05, 3.63) is 54.2 Å². The fraction of sp³-hybridized carbons (Fsp3) is 0.318. The highest BCUT2D eigenvalue weighted by Crippen LogP contribution is 2.22. The highest BCUT2D eigenvalue weighted by Gasteiger charge is 2.38. The minimum absolute atomic E-state index is 0.0767. The zero-order valence-corrected chi connectivity index (χ0v) is 18.0. The van der Waals surface area contributed by atoms with Gasteiger partial charge in [0.1, 0.15) is 11.3 Å². The summed E-state index contributed by atoms with van der Waals surface area (Å²) in [7, 11) is 1.83. The number of hydrogen-bond donors (Lipinski definition) is 2. The maximum Gasteiger partial charge on any atom is 0.490 e. The van der Waals surface area contributed by atoms with Crippen molar-refractivity contribution in [3.63, 3.8) is 0 Å². The van der Waals surface area contributed by atoms with E-state index in [1.54, 1.807) is 29.3 Å². The molecule has 0 aliphatic carbocycles. The molecule has 0 bridgehead atoms. The maximum atomic E-state index is 13.8. The molecule has 0 radical (unpaired) electrons. The average molecular weight is 479 g/mol. The minimum Gasteiger partial charge on any atom is -0.475 e. The molecule has 1 aromatic carbocycles. The molecular weight excluding hydrogens is 458 g/mol. The first-order chi connectivity index (χ1) is 16.1. The lowest BCUT2D eigenvalue weighted by atomic mass is 10.0. The van der Waals surface area contributed by atoms with Gasteiger partial charge in [-0.2, -0.15) is 13.2 Å². The number of aliphatic carboxylic acids is 1. The molecule has 180 valence electrons. The summed E-state index contributed by atoms with van der Waals surface area (Å²) in [5.74, 6) is -2.74. The van der Waals surface area contributed by atoms with Crippen LogP contribution in [0.5, 0.6) is 0 Å². The number of carboxylic acid groups (broad SMARTS) is 1. The van der Waals surface area contributed by atoms with Crippen LogP contribution in [0.15, 0.2) is 42.9 Å². The fourth-order valence-corrected chi connectivity index (χ4v) is 3.40. The summed E-state index contributed by atoms with van der Waals surface area (Å²) < 4.78 is 45.5. The van der Waals surface area contributed by atoms with E-state index in [1.807, 2.05) is 7.05 Å². The number of amides is 1. The van der Waals surface area contributed by atoms with Crippen LogP contribution < -0.4 is 5.32 Å². The molecular formula is C22H21F4N5O3. The van der Waals surface area contributed by atoms with Crippen molar-refractivity contribution >= 4 is 22.8 Å². The van der Waals surface area contributed by atoms with Gasteiger partial charge in [0.15, 0.2) is 5.82 Å². The molecule has 0 atom stereocenters. The summed E-state index contributed by atoms with van der Waals surface area (Å²) in [5.41, 5.74) is 1.45. The van der Waals surface area contributed by atoms with Gasteiger partial charge in [-0.1, -0.05) is 12.1 Å². The Hall–Kier alpha value is -3.67. The van der Waals surface area contributed by atoms with Gasteiger partial charge in [-0.25, -0.2) is 19.2 Å². The number of rotatable bonds is 3. The average Bonchev–Trinajstić information content (AvgIpc) is 2.83. The van der Waals surface area contributed by atoms with Gasteiger partial charge < -0.3 is 15.3 Å². The van der Waals surface area contributed by atoms with Crippen LogP contribution in [-0.4, -0.2) is 69.2 Å². The van der Waals surface area contributed by atoms with Crippen LogP contribution in [0.2, 0.25) is 0 Å². The van der Waals surface area contributed by atoms with Crippen LogP contribution in [0.1, 0.15) is 23.2 Å². The Labute approximate surface area is 191 Å². The number of carboxylic acids is 1. The van der Waals surface area contributed by atoms with Crippen molar-refractivity contribution in [1.29, 1.82) is 0 Å². The second-order valence-electron chi connectivity index (χ2n) is 7.53. The van der Waals surface area contributed by atoms with E-state index < -0.39 is 12.1 Å². The second-order valence-corrected chi connectivity index (χ2v) is 7.53. The molecule has 1 fully saturated rings. The van der Waals surface area contributed by atoms with Crippen LogP contribution in [0.4, 0.5) is 17.6 Å². The third-order valence-corrected chi connectivity index (χ3v) is 5.24. The van der Waals surface area contributed by atoms with Gasteiger partial charge in [0, 0.05) is 42.6 Å². The lowest BCUT2D eigenvalue weighted by Crippen LogP contribution is -2.44. The number of carbonyl (C=O) groups is 2. The van der Waals surface area contributed by atoms with Gasteiger partial charge in [-0.05, 0) is 38.1 Å². The van der Waals surface area contributed by atoms with Gasteiger partial charge in [0.05, 0.1) is 5.56 Å². The first-order valence-corrected chi connectivity index (χ1v) is 10.2. The van der Waals surface area contributed by atoms with Gasteiger partial charge in [0.2, 0.25) is 0 Å². The van der Waals surface area contributed by atoms with Crippen molar-refractivity contribution in [2.45, 2.75) is 25.1 Å². The molecule has 0 unspecified atom stereocenters. The van der Waals surface area contributed by atoms with Crippen LogP contribution in [0.25, 0.3) is 22.3 Å². The number of nitrogens with zero attached hydrogens (tertiary/aromatic N) is 4. The summed E-state index contributed by atoms with van der Waals surface area (Å²) >= 11 is 0. The highest BCUT2D eigenvalue weighted by atomic mass is 19.4. The van der Waals surface area contributed by atoms with E-state index in [1.165, 1.54) is 18.5 Å². The largest absolute Gasteiger partial charge is 0.490 e. The number of pyridine rings is 1. The first-order valence-electron chi connectivity index (χ1n) is 10.2. The van der Waals surface area contributed by atoms with Crippen LogP contribution >= 0.6 is 0 Å². The zero-order valence-electron chi connectivity index (χ0n) is 18.0. The summed E-state index contributed by atoms with van der Waals surface area (Å²) in [6, 6.07) is 6.84. The molecule has 0 saturated carbocycles. The monoisotopic (exact) mass is 479 g/mol. The number of nitrogens with one attached hydrogen (secondary N) is 1. The van der Waals surface area contributed by atoms with Gasteiger partial charge in [-0.3, -0.25) is 9.78 Å². The van der Waals surface area contributed by atoms with Crippen LogP contribution in [-0.2, 0) is 4.79 Å². The molecule has 1 saturated heterocycles. The fourth-order valence-electron chi connectivity index (χ4n) is 3.40. The number of carbonyl (C=O) groups excluding carboxylic acids is 1. The second kappa shape index (κ2) is 10.5. The molecule has 3 heterocycles. The molecule has 2 aromatic heterocycles. The van der Waals surface area contributed by atoms with E-state index in [2.05, 4.69) is 20.3 Å². The predicted molar refractivity (Wildman–Crippen MR) is 114 cm³/mol. The third-order valence-electron chi connectivity index (χ3n) is 5.24. The topological polar surface area (TPSA) is 108 Å². The Morgan fingerprint density at radius 2 is 1.71 bits per heavy atom. The van der Waals surface area contributed by atoms with Crippen molar-refractivity contribution < 1.29 is 32.3 Å². The number of para-hydroxylation sites is 1. The molecule has 1 aliphatic rings. The number of benzene rings is 1. The minimum atomic E-state index is -5.08. The molecule has 8 nitrogen and oxygen atoms in total.